The molecule has 0 aromatic heterocycles. The summed E-state index contributed by atoms with van der Waals surface area (Å²) in [5.41, 5.74) is 3.28. The van der Waals surface area contributed by atoms with Crippen LogP contribution in [-0.2, 0) is 16.0 Å². The van der Waals surface area contributed by atoms with Crippen LogP contribution in [-0.4, -0.2) is 31.1 Å². The van der Waals surface area contributed by atoms with Gasteiger partial charge in [-0.1, -0.05) is 36.4 Å². The highest BCUT2D eigenvalue weighted by atomic mass is 16.5. The number of nitrogens with one attached hydrogen (secondary N) is 2. The SMILES string of the molecule is Cc1ccc(C(=O)NCC2CCCO2)cc1NC(=O)CCc1ccccc1. The van der Waals surface area contributed by atoms with Crippen LogP contribution < -0.4 is 10.6 Å². The van der Waals surface area contributed by atoms with Crippen molar-refractivity contribution in [3.05, 3.63) is 65.2 Å². The fraction of sp³-hybridized carbons (Fsp3) is 0.364. The summed E-state index contributed by atoms with van der Waals surface area (Å²) in [6, 6.07) is 15.3. The van der Waals surface area contributed by atoms with E-state index in [0.29, 0.717) is 30.6 Å². The molecule has 0 aliphatic carbocycles. The standard InChI is InChI=1S/C22H26N2O3/c1-16-9-11-18(22(26)23-15-19-8-5-13-27-19)14-20(16)24-21(25)12-10-17-6-3-2-4-7-17/h2-4,6-7,9,11,14,19H,5,8,10,12-13,15H2,1H3,(H,23,26)(H,24,25). The first-order valence-electron chi connectivity index (χ1n) is 9.46. The molecule has 142 valence electrons. The molecule has 1 aliphatic rings. The molecule has 1 heterocycles. The van der Waals surface area contributed by atoms with Gasteiger partial charge in [0.05, 0.1) is 6.10 Å². The quantitative estimate of drug-likeness (QED) is 0.788. The van der Waals surface area contributed by atoms with Crippen molar-refractivity contribution < 1.29 is 14.3 Å². The molecule has 1 unspecified atom stereocenters. The molecule has 1 atom stereocenters. The van der Waals surface area contributed by atoms with Crippen molar-refractivity contribution >= 4 is 17.5 Å². The van der Waals surface area contributed by atoms with E-state index >= 15 is 0 Å². The lowest BCUT2D eigenvalue weighted by Crippen LogP contribution is -2.31. The predicted octanol–water partition coefficient (Wildman–Crippen LogP) is 3.48. The third-order valence-corrected chi connectivity index (χ3v) is 4.77. The fourth-order valence-electron chi connectivity index (χ4n) is 3.13. The lowest BCUT2D eigenvalue weighted by atomic mass is 10.1. The monoisotopic (exact) mass is 366 g/mol. The molecular formula is C22H26N2O3. The first-order chi connectivity index (χ1) is 13.1. The van der Waals surface area contributed by atoms with Crippen molar-refractivity contribution in [3.8, 4) is 0 Å². The molecule has 2 aromatic carbocycles. The minimum Gasteiger partial charge on any atom is -0.376 e. The van der Waals surface area contributed by atoms with Gasteiger partial charge in [0.2, 0.25) is 5.91 Å². The zero-order chi connectivity index (χ0) is 19.1. The Morgan fingerprint density at radius 3 is 2.70 bits per heavy atom. The van der Waals surface area contributed by atoms with E-state index in [1.165, 1.54) is 0 Å². The van der Waals surface area contributed by atoms with Gasteiger partial charge in [0, 0.05) is 30.8 Å². The van der Waals surface area contributed by atoms with Crippen LogP contribution in [0.3, 0.4) is 0 Å². The molecule has 1 fully saturated rings. The van der Waals surface area contributed by atoms with Gasteiger partial charge in [0.25, 0.3) is 5.91 Å². The van der Waals surface area contributed by atoms with Crippen LogP contribution in [0.4, 0.5) is 5.69 Å². The summed E-state index contributed by atoms with van der Waals surface area (Å²) in [7, 11) is 0. The topological polar surface area (TPSA) is 67.4 Å². The maximum absolute atomic E-state index is 12.4. The molecule has 5 heteroatoms. The van der Waals surface area contributed by atoms with Crippen LogP contribution in [0.2, 0.25) is 0 Å². The zero-order valence-corrected chi connectivity index (χ0v) is 15.7. The Balaban J connectivity index is 1.55. The van der Waals surface area contributed by atoms with Gasteiger partial charge in [-0.2, -0.15) is 0 Å². The highest BCUT2D eigenvalue weighted by Gasteiger charge is 2.17. The van der Waals surface area contributed by atoms with Crippen LogP contribution >= 0.6 is 0 Å². The van der Waals surface area contributed by atoms with Gasteiger partial charge in [0.15, 0.2) is 0 Å². The fourth-order valence-corrected chi connectivity index (χ4v) is 3.13. The van der Waals surface area contributed by atoms with Crippen molar-refractivity contribution in [2.75, 3.05) is 18.5 Å². The number of carbonyl (C=O) groups excluding carboxylic acids is 2. The van der Waals surface area contributed by atoms with Gasteiger partial charge in [-0.05, 0) is 49.4 Å². The summed E-state index contributed by atoms with van der Waals surface area (Å²) in [5.74, 6) is -0.204. The van der Waals surface area contributed by atoms with Gasteiger partial charge in [0.1, 0.15) is 0 Å². The Labute approximate surface area is 160 Å². The lowest BCUT2D eigenvalue weighted by molar-refractivity contribution is -0.116. The van der Waals surface area contributed by atoms with E-state index in [4.69, 9.17) is 4.74 Å². The lowest BCUT2D eigenvalue weighted by Gasteiger charge is -2.13. The Morgan fingerprint density at radius 1 is 1.15 bits per heavy atom. The van der Waals surface area contributed by atoms with Crippen LogP contribution in [0.5, 0.6) is 0 Å². The summed E-state index contributed by atoms with van der Waals surface area (Å²) in [6.07, 6.45) is 3.23. The number of amides is 2. The van der Waals surface area contributed by atoms with E-state index in [9.17, 15) is 9.59 Å². The third kappa shape index (κ3) is 5.66. The van der Waals surface area contributed by atoms with Crippen LogP contribution in [0.15, 0.2) is 48.5 Å². The van der Waals surface area contributed by atoms with E-state index in [-0.39, 0.29) is 17.9 Å². The van der Waals surface area contributed by atoms with Gasteiger partial charge < -0.3 is 15.4 Å². The van der Waals surface area contributed by atoms with E-state index in [1.54, 1.807) is 12.1 Å². The van der Waals surface area contributed by atoms with Crippen molar-refractivity contribution in [1.29, 1.82) is 0 Å². The molecular weight excluding hydrogens is 340 g/mol. The molecule has 27 heavy (non-hydrogen) atoms. The van der Waals surface area contributed by atoms with E-state index in [0.717, 1.165) is 30.6 Å². The highest BCUT2D eigenvalue weighted by Crippen LogP contribution is 2.18. The number of hydrogen-bond acceptors (Lipinski definition) is 3. The summed E-state index contributed by atoms with van der Waals surface area (Å²) < 4.78 is 5.53. The summed E-state index contributed by atoms with van der Waals surface area (Å²) in [5, 5.41) is 5.84. The second kappa shape index (κ2) is 9.33. The third-order valence-electron chi connectivity index (χ3n) is 4.77. The first-order valence-corrected chi connectivity index (χ1v) is 9.46. The molecule has 2 aromatic rings. The largest absolute Gasteiger partial charge is 0.376 e. The molecule has 0 bridgehead atoms. The Hall–Kier alpha value is -2.66. The minimum atomic E-state index is -0.148. The maximum Gasteiger partial charge on any atom is 0.251 e. The molecule has 2 amide bonds. The van der Waals surface area contributed by atoms with Crippen LogP contribution in [0, 0.1) is 6.92 Å². The average molecular weight is 366 g/mol. The number of rotatable bonds is 7. The van der Waals surface area contributed by atoms with Gasteiger partial charge in [-0.15, -0.1) is 0 Å². The second-order valence-electron chi connectivity index (χ2n) is 6.91. The van der Waals surface area contributed by atoms with Crippen molar-refractivity contribution in [1.82, 2.24) is 5.32 Å². The number of ether oxygens (including phenoxy) is 1. The molecule has 3 rings (SSSR count). The first kappa shape index (κ1) is 19.1. The van der Waals surface area contributed by atoms with Crippen molar-refractivity contribution in [3.63, 3.8) is 0 Å². The molecule has 0 radical (unpaired) electrons. The number of anilines is 1. The molecule has 1 aliphatic heterocycles. The molecule has 5 nitrogen and oxygen atoms in total. The second-order valence-corrected chi connectivity index (χ2v) is 6.91. The van der Waals surface area contributed by atoms with E-state index in [1.807, 2.05) is 43.3 Å². The van der Waals surface area contributed by atoms with Gasteiger partial charge in [-0.3, -0.25) is 9.59 Å². The number of hydrogen-bond donors (Lipinski definition) is 2. The minimum absolute atomic E-state index is 0.0566. The summed E-state index contributed by atoms with van der Waals surface area (Å²) in [6.45, 7) is 3.20. The Kier molecular flexibility index (Phi) is 6.60. The normalized spacial score (nSPS) is 16.1. The van der Waals surface area contributed by atoms with Crippen LogP contribution in [0.1, 0.15) is 40.7 Å². The molecule has 2 N–H and O–H groups in total. The Morgan fingerprint density at radius 2 is 1.96 bits per heavy atom. The highest BCUT2D eigenvalue weighted by molar-refractivity contribution is 5.97. The summed E-state index contributed by atoms with van der Waals surface area (Å²) >= 11 is 0. The van der Waals surface area contributed by atoms with E-state index < -0.39 is 0 Å². The van der Waals surface area contributed by atoms with Crippen molar-refractivity contribution in [2.24, 2.45) is 0 Å². The van der Waals surface area contributed by atoms with Crippen LogP contribution in [0.25, 0.3) is 0 Å². The predicted molar refractivity (Wildman–Crippen MR) is 106 cm³/mol. The Bertz CT molecular complexity index is 783. The summed E-state index contributed by atoms with van der Waals surface area (Å²) in [4.78, 5) is 24.7. The molecule has 0 spiro atoms. The maximum atomic E-state index is 12.4. The number of aryl methyl sites for hydroxylation is 2. The smallest absolute Gasteiger partial charge is 0.251 e. The number of carbonyl (C=O) groups is 2. The van der Waals surface area contributed by atoms with Gasteiger partial charge in [-0.25, -0.2) is 0 Å². The zero-order valence-electron chi connectivity index (χ0n) is 15.7. The molecule has 1 saturated heterocycles. The average Bonchev–Trinajstić information content (AvgIpc) is 3.20. The van der Waals surface area contributed by atoms with Gasteiger partial charge >= 0.3 is 0 Å². The van der Waals surface area contributed by atoms with Crippen molar-refractivity contribution in [2.45, 2.75) is 38.7 Å². The number of benzene rings is 2. The van der Waals surface area contributed by atoms with E-state index in [2.05, 4.69) is 10.6 Å². The molecule has 0 saturated carbocycles.